The minimum atomic E-state index is -0.0449. The largest absolute Gasteiger partial charge is 0.496 e. The number of pyridine rings is 2. The van der Waals surface area contributed by atoms with Crippen molar-refractivity contribution in [3.63, 3.8) is 0 Å². The van der Waals surface area contributed by atoms with E-state index in [0.717, 1.165) is 16.5 Å². The van der Waals surface area contributed by atoms with Crippen molar-refractivity contribution in [3.05, 3.63) is 57.6 Å². The van der Waals surface area contributed by atoms with E-state index in [1.807, 2.05) is 35.0 Å². The van der Waals surface area contributed by atoms with Gasteiger partial charge in [0.1, 0.15) is 5.75 Å². The third-order valence-corrected chi connectivity index (χ3v) is 4.43. The van der Waals surface area contributed by atoms with Gasteiger partial charge in [0, 0.05) is 23.3 Å². The third kappa shape index (κ3) is 1.83. The first-order valence-electron chi connectivity index (χ1n) is 6.79. The Morgan fingerprint density at radius 2 is 2.23 bits per heavy atom. The number of H-pyrrole nitrogens is 1. The van der Waals surface area contributed by atoms with Crippen molar-refractivity contribution in [2.45, 2.75) is 0 Å². The zero-order chi connectivity index (χ0) is 15.1. The summed E-state index contributed by atoms with van der Waals surface area (Å²) in [7, 11) is 1.58. The molecule has 0 radical (unpaired) electrons. The molecule has 0 atom stereocenters. The Balaban J connectivity index is 2.18. The van der Waals surface area contributed by atoms with Crippen molar-refractivity contribution < 1.29 is 4.74 Å². The van der Waals surface area contributed by atoms with E-state index in [2.05, 4.69) is 9.97 Å². The van der Waals surface area contributed by atoms with Gasteiger partial charge in [0.15, 0.2) is 0 Å². The molecule has 3 heterocycles. The number of aromatic nitrogens is 2. The molecule has 0 spiro atoms. The molecule has 108 valence electrons. The van der Waals surface area contributed by atoms with Crippen LogP contribution in [-0.2, 0) is 0 Å². The highest BCUT2D eigenvalue weighted by atomic mass is 32.1. The molecule has 1 N–H and O–H groups in total. The van der Waals surface area contributed by atoms with Gasteiger partial charge in [0.2, 0.25) is 5.43 Å². The van der Waals surface area contributed by atoms with Gasteiger partial charge in [0.25, 0.3) is 0 Å². The van der Waals surface area contributed by atoms with Crippen LogP contribution in [0.4, 0.5) is 0 Å². The summed E-state index contributed by atoms with van der Waals surface area (Å²) >= 11 is 1.56. The molecule has 4 nitrogen and oxygen atoms in total. The highest BCUT2D eigenvalue weighted by molar-refractivity contribution is 7.08. The summed E-state index contributed by atoms with van der Waals surface area (Å²) in [6.45, 7) is 0. The predicted molar refractivity (Wildman–Crippen MR) is 89.7 cm³/mol. The van der Waals surface area contributed by atoms with Crippen molar-refractivity contribution in [3.8, 4) is 16.9 Å². The second-order valence-electron chi connectivity index (χ2n) is 4.95. The molecule has 22 heavy (non-hydrogen) atoms. The number of hydrogen-bond acceptors (Lipinski definition) is 4. The van der Waals surface area contributed by atoms with Gasteiger partial charge in [0.05, 0.1) is 23.5 Å². The lowest BCUT2D eigenvalue weighted by Crippen LogP contribution is -2.08. The summed E-state index contributed by atoms with van der Waals surface area (Å²) in [6, 6.07) is 7.62. The second kappa shape index (κ2) is 4.96. The molecule has 0 unspecified atom stereocenters. The fourth-order valence-corrected chi connectivity index (χ4v) is 3.36. The van der Waals surface area contributed by atoms with Crippen molar-refractivity contribution >= 4 is 33.1 Å². The van der Waals surface area contributed by atoms with E-state index in [0.29, 0.717) is 22.2 Å². The molecule has 1 aromatic carbocycles. The number of nitrogens with one attached hydrogen (secondary N) is 1. The molecule has 0 saturated heterocycles. The zero-order valence-electron chi connectivity index (χ0n) is 11.8. The van der Waals surface area contributed by atoms with Gasteiger partial charge in [-0.25, -0.2) is 0 Å². The molecule has 0 aliphatic heterocycles. The van der Waals surface area contributed by atoms with E-state index in [1.54, 1.807) is 30.8 Å². The van der Waals surface area contributed by atoms with E-state index >= 15 is 0 Å². The van der Waals surface area contributed by atoms with E-state index < -0.39 is 0 Å². The minimum absolute atomic E-state index is 0.0449. The molecule has 5 heteroatoms. The average Bonchev–Trinajstić information content (AvgIpc) is 3.08. The van der Waals surface area contributed by atoms with E-state index in [4.69, 9.17) is 4.74 Å². The first kappa shape index (κ1) is 13.0. The Hall–Kier alpha value is -2.66. The zero-order valence-corrected chi connectivity index (χ0v) is 12.6. The number of nitrogens with zero attached hydrogens (tertiary/aromatic N) is 1. The van der Waals surface area contributed by atoms with E-state index in [1.165, 1.54) is 0 Å². The second-order valence-corrected chi connectivity index (χ2v) is 5.73. The summed E-state index contributed by atoms with van der Waals surface area (Å²) in [5, 5.41) is 5.39. The van der Waals surface area contributed by atoms with Crippen LogP contribution in [0.5, 0.6) is 5.75 Å². The molecule has 0 amide bonds. The van der Waals surface area contributed by atoms with Crippen molar-refractivity contribution in [2.24, 2.45) is 0 Å². The van der Waals surface area contributed by atoms with Crippen LogP contribution in [0.25, 0.3) is 32.9 Å². The van der Waals surface area contributed by atoms with Gasteiger partial charge >= 0.3 is 0 Å². The number of aromatic amines is 1. The summed E-state index contributed by atoms with van der Waals surface area (Å²) in [4.78, 5) is 20.6. The topological polar surface area (TPSA) is 55.0 Å². The van der Waals surface area contributed by atoms with Gasteiger partial charge in [-0.3, -0.25) is 9.78 Å². The fourth-order valence-electron chi connectivity index (χ4n) is 2.70. The Morgan fingerprint density at radius 1 is 1.32 bits per heavy atom. The lowest BCUT2D eigenvalue weighted by atomic mass is 10.0. The molecular formula is C17H12N2O2S. The standard InChI is InChI=1S/C17H12N2O2S/c1-21-13-7-10-3-2-5-18-15(10)16-14(13)17(20)12(8-19-16)11-4-6-22-9-11/h2-9H,1H3,(H,19,20). The quantitative estimate of drug-likeness (QED) is 0.573. The number of rotatable bonds is 2. The van der Waals surface area contributed by atoms with Crippen LogP contribution < -0.4 is 10.2 Å². The number of thiophene rings is 1. The van der Waals surface area contributed by atoms with Gasteiger partial charge in [-0.1, -0.05) is 6.07 Å². The third-order valence-electron chi connectivity index (χ3n) is 3.74. The number of hydrogen-bond donors (Lipinski definition) is 1. The number of methoxy groups -OCH3 is 1. The summed E-state index contributed by atoms with van der Waals surface area (Å²) in [6.07, 6.45) is 3.47. The average molecular weight is 308 g/mol. The minimum Gasteiger partial charge on any atom is -0.496 e. The molecule has 4 rings (SSSR count). The lowest BCUT2D eigenvalue weighted by Gasteiger charge is -2.09. The molecule has 0 aliphatic carbocycles. The molecule has 3 aromatic heterocycles. The summed E-state index contributed by atoms with van der Waals surface area (Å²) in [5.74, 6) is 0.564. The molecule has 0 aliphatic rings. The Morgan fingerprint density at radius 3 is 3.00 bits per heavy atom. The van der Waals surface area contributed by atoms with Crippen LogP contribution in [0, 0.1) is 0 Å². The van der Waals surface area contributed by atoms with Crippen LogP contribution in [0.15, 0.2) is 52.2 Å². The number of ether oxygens (including phenoxy) is 1. The molecule has 0 bridgehead atoms. The van der Waals surface area contributed by atoms with E-state index in [-0.39, 0.29) is 5.43 Å². The Labute approximate surface area is 130 Å². The normalized spacial score (nSPS) is 11.1. The lowest BCUT2D eigenvalue weighted by molar-refractivity contribution is 0.420. The molecule has 0 fully saturated rings. The van der Waals surface area contributed by atoms with Crippen molar-refractivity contribution in [1.29, 1.82) is 0 Å². The van der Waals surface area contributed by atoms with Gasteiger partial charge in [-0.15, -0.1) is 0 Å². The maximum Gasteiger partial charge on any atom is 0.201 e. The Bertz CT molecular complexity index is 1040. The molecular weight excluding hydrogens is 296 g/mol. The highest BCUT2D eigenvalue weighted by Crippen LogP contribution is 2.30. The fraction of sp³-hybridized carbons (Fsp3) is 0.0588. The van der Waals surface area contributed by atoms with Crippen LogP contribution in [0.2, 0.25) is 0 Å². The number of benzene rings is 1. The summed E-state index contributed by atoms with van der Waals surface area (Å²) in [5.41, 5.74) is 2.99. The van der Waals surface area contributed by atoms with Gasteiger partial charge in [-0.2, -0.15) is 11.3 Å². The van der Waals surface area contributed by atoms with Gasteiger partial charge in [-0.05, 0) is 34.5 Å². The Kier molecular flexibility index (Phi) is 2.94. The maximum atomic E-state index is 12.9. The van der Waals surface area contributed by atoms with Crippen molar-refractivity contribution in [1.82, 2.24) is 9.97 Å². The molecule has 4 aromatic rings. The first-order chi connectivity index (χ1) is 10.8. The highest BCUT2D eigenvalue weighted by Gasteiger charge is 2.15. The van der Waals surface area contributed by atoms with Crippen LogP contribution in [0.1, 0.15) is 0 Å². The predicted octanol–water partition coefficient (Wildman–Crippen LogP) is 3.81. The monoisotopic (exact) mass is 308 g/mol. The van der Waals surface area contributed by atoms with Gasteiger partial charge < -0.3 is 9.72 Å². The van der Waals surface area contributed by atoms with Crippen molar-refractivity contribution in [2.75, 3.05) is 7.11 Å². The SMILES string of the molecule is COc1cc2cccnc2c2[nH]cc(-c3ccsc3)c(=O)c12. The molecule has 0 saturated carbocycles. The summed E-state index contributed by atoms with van der Waals surface area (Å²) < 4.78 is 5.44. The maximum absolute atomic E-state index is 12.9. The smallest absolute Gasteiger partial charge is 0.201 e. The van der Waals surface area contributed by atoms with E-state index in [9.17, 15) is 4.79 Å². The number of fused-ring (bicyclic) bond motifs is 3. The van der Waals surface area contributed by atoms with Crippen LogP contribution in [-0.4, -0.2) is 17.1 Å². The van der Waals surface area contributed by atoms with Crippen LogP contribution in [0.3, 0.4) is 0 Å². The van der Waals surface area contributed by atoms with Crippen LogP contribution >= 0.6 is 11.3 Å². The first-order valence-corrected chi connectivity index (χ1v) is 7.73.